The van der Waals surface area contributed by atoms with E-state index in [1.807, 2.05) is 24.3 Å². The van der Waals surface area contributed by atoms with Gasteiger partial charge in [-0.3, -0.25) is 4.79 Å². The van der Waals surface area contributed by atoms with E-state index in [1.54, 1.807) is 23.1 Å². The molecule has 0 saturated carbocycles. The van der Waals surface area contributed by atoms with Gasteiger partial charge in [0.15, 0.2) is 0 Å². The highest BCUT2D eigenvalue weighted by molar-refractivity contribution is 6.31. The quantitative estimate of drug-likeness (QED) is 0.267. The van der Waals surface area contributed by atoms with Crippen molar-refractivity contribution in [2.24, 2.45) is 0 Å². The zero-order valence-electron chi connectivity index (χ0n) is 21.4. The molecular formula is C28H34ClN3O7. The van der Waals surface area contributed by atoms with Crippen LogP contribution in [0.5, 0.6) is 5.75 Å². The molecule has 210 valence electrons. The van der Waals surface area contributed by atoms with Gasteiger partial charge in [-0.15, -0.1) is 0 Å². The maximum atomic E-state index is 12.3. The van der Waals surface area contributed by atoms with Gasteiger partial charge in [-0.25, -0.2) is 0 Å². The van der Waals surface area contributed by atoms with Gasteiger partial charge in [-0.2, -0.15) is 5.26 Å². The highest BCUT2D eigenvalue weighted by Gasteiger charge is 2.44. The van der Waals surface area contributed by atoms with Crippen LogP contribution in [-0.2, 0) is 16.0 Å². The van der Waals surface area contributed by atoms with Crippen LogP contribution in [0.25, 0.3) is 0 Å². The zero-order valence-corrected chi connectivity index (χ0v) is 22.2. The van der Waals surface area contributed by atoms with Crippen molar-refractivity contribution < 1.29 is 34.7 Å². The van der Waals surface area contributed by atoms with Gasteiger partial charge in [0.25, 0.3) is 0 Å². The van der Waals surface area contributed by atoms with Crippen LogP contribution in [-0.4, -0.2) is 94.5 Å². The van der Waals surface area contributed by atoms with E-state index in [0.29, 0.717) is 42.5 Å². The fourth-order valence-electron chi connectivity index (χ4n) is 4.94. The highest BCUT2D eigenvalue weighted by Crippen LogP contribution is 2.34. The second-order valence-corrected chi connectivity index (χ2v) is 10.2. The number of halogens is 1. The van der Waals surface area contributed by atoms with Crippen molar-refractivity contribution in [3.63, 3.8) is 0 Å². The van der Waals surface area contributed by atoms with E-state index in [4.69, 9.17) is 26.3 Å². The second kappa shape index (κ2) is 13.5. The standard InChI is InChI=1S/C28H34ClN3O7/c29-22-8-5-18(28-27(37)26(36)25(35)23(16-33)39-28)13-19(22)12-17-3-6-21(7-4-17)38-11-9-31-15-24(34)32-10-1-2-20(32)14-30/h3-8,13,20,23,25-28,31,33,35-37H,1-2,9-12,15-16H2/t20-,23+,25+,26-,27+,28-/m0/s1. The van der Waals surface area contributed by atoms with Crippen molar-refractivity contribution in [1.29, 1.82) is 5.26 Å². The molecule has 2 aromatic carbocycles. The van der Waals surface area contributed by atoms with E-state index in [2.05, 4.69) is 11.4 Å². The molecule has 2 saturated heterocycles. The number of hydrogen-bond donors (Lipinski definition) is 5. The van der Waals surface area contributed by atoms with Crippen LogP contribution in [0.2, 0.25) is 5.02 Å². The molecule has 0 unspecified atom stereocenters. The van der Waals surface area contributed by atoms with Gasteiger partial charge in [-0.1, -0.05) is 35.9 Å². The lowest BCUT2D eigenvalue weighted by atomic mass is 9.90. The normalized spacial score (nSPS) is 26.8. The van der Waals surface area contributed by atoms with E-state index in [9.17, 15) is 25.2 Å². The largest absolute Gasteiger partial charge is 0.492 e. The Balaban J connectivity index is 1.28. The molecule has 39 heavy (non-hydrogen) atoms. The number of nitrogens with one attached hydrogen (secondary N) is 1. The fraction of sp³-hybridized carbons (Fsp3) is 0.500. The average Bonchev–Trinajstić information content (AvgIpc) is 3.43. The lowest BCUT2D eigenvalue weighted by Gasteiger charge is -2.40. The number of rotatable bonds is 10. The first-order chi connectivity index (χ1) is 18.8. The van der Waals surface area contributed by atoms with E-state index < -0.39 is 37.1 Å². The Hall–Kier alpha value is -2.75. The summed E-state index contributed by atoms with van der Waals surface area (Å²) < 4.78 is 11.4. The van der Waals surface area contributed by atoms with Crippen LogP contribution in [0.1, 0.15) is 35.6 Å². The molecule has 2 aliphatic heterocycles. The Morgan fingerprint density at radius 3 is 2.64 bits per heavy atom. The first-order valence-electron chi connectivity index (χ1n) is 13.0. The number of hydrogen-bond acceptors (Lipinski definition) is 9. The van der Waals surface area contributed by atoms with Gasteiger partial charge in [-0.05, 0) is 54.2 Å². The van der Waals surface area contributed by atoms with Crippen molar-refractivity contribution in [2.45, 2.75) is 55.8 Å². The lowest BCUT2D eigenvalue weighted by Crippen LogP contribution is -2.55. The summed E-state index contributed by atoms with van der Waals surface area (Å²) in [6.07, 6.45) is -4.07. The third kappa shape index (κ3) is 7.07. The van der Waals surface area contributed by atoms with Gasteiger partial charge >= 0.3 is 0 Å². The molecule has 10 nitrogen and oxygen atoms in total. The molecule has 6 atom stereocenters. The van der Waals surface area contributed by atoms with E-state index in [1.165, 1.54) is 0 Å². The molecule has 0 radical (unpaired) electrons. The number of carbonyl (C=O) groups is 1. The Labute approximate surface area is 232 Å². The van der Waals surface area contributed by atoms with Crippen molar-refractivity contribution >= 4 is 17.5 Å². The smallest absolute Gasteiger partial charge is 0.237 e. The molecule has 0 spiro atoms. The number of amides is 1. The minimum Gasteiger partial charge on any atom is -0.492 e. The predicted molar refractivity (Wildman–Crippen MR) is 142 cm³/mol. The molecule has 2 aromatic rings. The van der Waals surface area contributed by atoms with Crippen molar-refractivity contribution in [2.75, 3.05) is 32.8 Å². The maximum absolute atomic E-state index is 12.3. The third-order valence-corrected chi connectivity index (χ3v) is 7.52. The van der Waals surface area contributed by atoms with Crippen molar-refractivity contribution in [1.82, 2.24) is 10.2 Å². The molecular weight excluding hydrogens is 526 g/mol. The second-order valence-electron chi connectivity index (χ2n) is 9.82. The average molecular weight is 560 g/mol. The molecule has 5 N–H and O–H groups in total. The lowest BCUT2D eigenvalue weighted by molar-refractivity contribution is -0.231. The number of aliphatic hydroxyl groups is 4. The predicted octanol–water partition coefficient (Wildman–Crippen LogP) is 0.929. The van der Waals surface area contributed by atoms with Crippen LogP contribution in [0.4, 0.5) is 0 Å². The van der Waals surface area contributed by atoms with Crippen LogP contribution >= 0.6 is 11.6 Å². The zero-order chi connectivity index (χ0) is 27.9. The fourth-order valence-corrected chi connectivity index (χ4v) is 5.13. The van der Waals surface area contributed by atoms with Gasteiger partial charge in [0, 0.05) is 18.1 Å². The van der Waals surface area contributed by atoms with Crippen LogP contribution in [0.15, 0.2) is 42.5 Å². The minimum atomic E-state index is -1.45. The van der Waals surface area contributed by atoms with E-state index in [0.717, 1.165) is 24.0 Å². The van der Waals surface area contributed by atoms with Gasteiger partial charge < -0.3 is 40.1 Å². The summed E-state index contributed by atoms with van der Waals surface area (Å²) in [6, 6.07) is 14.5. The van der Waals surface area contributed by atoms with Gasteiger partial charge in [0.1, 0.15) is 48.9 Å². The number of aliphatic hydroxyl groups excluding tert-OH is 4. The Morgan fingerprint density at radius 1 is 1.15 bits per heavy atom. The van der Waals surface area contributed by atoms with Crippen molar-refractivity contribution in [3.8, 4) is 11.8 Å². The summed E-state index contributed by atoms with van der Waals surface area (Å²) >= 11 is 6.43. The topological polar surface area (TPSA) is 156 Å². The summed E-state index contributed by atoms with van der Waals surface area (Å²) in [5.41, 5.74) is 2.33. The first kappa shape index (κ1) is 29.2. The Kier molecular flexibility index (Phi) is 10.2. The molecule has 2 aliphatic rings. The number of carbonyl (C=O) groups excluding carboxylic acids is 1. The summed E-state index contributed by atoms with van der Waals surface area (Å²) in [6.45, 7) is 1.17. The Morgan fingerprint density at radius 2 is 1.92 bits per heavy atom. The minimum absolute atomic E-state index is 0.0716. The maximum Gasteiger partial charge on any atom is 0.237 e. The number of nitriles is 1. The summed E-state index contributed by atoms with van der Waals surface area (Å²) in [5.74, 6) is 0.606. The molecule has 11 heteroatoms. The number of ether oxygens (including phenoxy) is 2. The van der Waals surface area contributed by atoms with Crippen LogP contribution < -0.4 is 10.1 Å². The van der Waals surface area contributed by atoms with Crippen LogP contribution in [0.3, 0.4) is 0 Å². The first-order valence-corrected chi connectivity index (χ1v) is 13.4. The molecule has 0 bridgehead atoms. The van der Waals surface area contributed by atoms with Crippen LogP contribution in [0, 0.1) is 11.3 Å². The third-order valence-electron chi connectivity index (χ3n) is 7.15. The number of likely N-dealkylation sites (tertiary alicyclic amines) is 1. The molecule has 0 aromatic heterocycles. The highest BCUT2D eigenvalue weighted by atomic mass is 35.5. The van der Waals surface area contributed by atoms with E-state index in [-0.39, 0.29) is 18.5 Å². The van der Waals surface area contributed by atoms with Gasteiger partial charge in [0.2, 0.25) is 5.91 Å². The van der Waals surface area contributed by atoms with Gasteiger partial charge in [0.05, 0.1) is 19.2 Å². The summed E-state index contributed by atoms with van der Waals surface area (Å²) in [4.78, 5) is 13.9. The Bertz CT molecular complexity index is 1160. The molecule has 2 heterocycles. The number of benzene rings is 2. The van der Waals surface area contributed by atoms with Crippen molar-refractivity contribution in [3.05, 3.63) is 64.2 Å². The molecule has 1 amide bonds. The summed E-state index contributed by atoms with van der Waals surface area (Å²) in [7, 11) is 0. The summed E-state index contributed by atoms with van der Waals surface area (Å²) in [5, 5.41) is 52.8. The number of nitrogens with zero attached hydrogens (tertiary/aromatic N) is 2. The SMILES string of the molecule is N#C[C@@H]1CCCN1C(=O)CNCCOc1ccc(Cc2cc([C@@H]3O[C@H](CO)[C@@H](O)[C@H](O)[C@H]3O)ccc2Cl)cc1. The molecule has 0 aliphatic carbocycles. The molecule has 2 fully saturated rings. The molecule has 4 rings (SSSR count). The van der Waals surface area contributed by atoms with E-state index >= 15 is 0 Å². The monoisotopic (exact) mass is 559 g/mol.